The minimum atomic E-state index is -0.186. The number of carbonyl (C=O) groups excluding carboxylic acids is 1. The first kappa shape index (κ1) is 17.7. The van der Waals surface area contributed by atoms with Crippen LogP contribution in [0.5, 0.6) is 0 Å². The van der Waals surface area contributed by atoms with Crippen molar-refractivity contribution in [3.8, 4) is 0 Å². The van der Waals surface area contributed by atoms with Gasteiger partial charge in [-0.25, -0.2) is 0 Å². The molecular formula is C17H28N2O2. The predicted molar refractivity (Wildman–Crippen MR) is 86.4 cm³/mol. The molecule has 4 nitrogen and oxygen atoms in total. The summed E-state index contributed by atoms with van der Waals surface area (Å²) in [5.41, 5.74) is 2.64. The van der Waals surface area contributed by atoms with Gasteiger partial charge in [-0.3, -0.25) is 4.79 Å². The number of carbonyl (C=O) groups is 1. The van der Waals surface area contributed by atoms with E-state index in [9.17, 15) is 4.79 Å². The number of benzene rings is 1. The lowest BCUT2D eigenvalue weighted by atomic mass is 10.0. The molecule has 0 aliphatic heterocycles. The van der Waals surface area contributed by atoms with Gasteiger partial charge in [-0.2, -0.15) is 0 Å². The average Bonchev–Trinajstić information content (AvgIpc) is 2.45. The minimum Gasteiger partial charge on any atom is -0.383 e. The van der Waals surface area contributed by atoms with Gasteiger partial charge < -0.3 is 15.4 Å². The molecule has 0 bridgehead atoms. The first-order valence-corrected chi connectivity index (χ1v) is 7.61. The van der Waals surface area contributed by atoms with E-state index in [1.165, 1.54) is 11.1 Å². The zero-order chi connectivity index (χ0) is 15.7. The van der Waals surface area contributed by atoms with Crippen molar-refractivity contribution >= 4 is 5.91 Å². The van der Waals surface area contributed by atoms with Gasteiger partial charge in [-0.05, 0) is 39.2 Å². The number of ether oxygens (including phenoxy) is 1. The highest BCUT2D eigenvalue weighted by atomic mass is 16.5. The van der Waals surface area contributed by atoms with Crippen LogP contribution in [-0.2, 0) is 16.0 Å². The van der Waals surface area contributed by atoms with E-state index >= 15 is 0 Å². The molecule has 21 heavy (non-hydrogen) atoms. The van der Waals surface area contributed by atoms with E-state index in [1.54, 1.807) is 7.11 Å². The Morgan fingerprint density at radius 1 is 1.33 bits per heavy atom. The molecule has 0 spiro atoms. The summed E-state index contributed by atoms with van der Waals surface area (Å²) < 4.78 is 4.92. The van der Waals surface area contributed by atoms with Crippen molar-refractivity contribution in [3.63, 3.8) is 0 Å². The molecule has 1 rings (SSSR count). The van der Waals surface area contributed by atoms with Gasteiger partial charge in [-0.1, -0.05) is 29.8 Å². The molecular weight excluding hydrogens is 264 g/mol. The van der Waals surface area contributed by atoms with Crippen LogP contribution in [0.3, 0.4) is 0 Å². The van der Waals surface area contributed by atoms with Gasteiger partial charge in [0.15, 0.2) is 0 Å². The van der Waals surface area contributed by atoms with Crippen LogP contribution in [0, 0.1) is 6.92 Å². The molecule has 1 aromatic carbocycles. The lowest BCUT2D eigenvalue weighted by molar-refractivity contribution is -0.123. The fourth-order valence-electron chi connectivity index (χ4n) is 2.27. The lowest BCUT2D eigenvalue weighted by Gasteiger charge is -2.19. The summed E-state index contributed by atoms with van der Waals surface area (Å²) in [5, 5.41) is 6.18. The highest BCUT2D eigenvalue weighted by molar-refractivity contribution is 5.81. The molecule has 1 aromatic rings. The number of rotatable bonds is 9. The molecule has 0 fully saturated rings. The monoisotopic (exact) mass is 292 g/mol. The molecule has 0 heterocycles. The Bertz CT molecular complexity index is 435. The van der Waals surface area contributed by atoms with Crippen molar-refractivity contribution in [3.05, 3.63) is 35.4 Å². The summed E-state index contributed by atoms with van der Waals surface area (Å²) in [5.74, 6) is 0.0226. The minimum absolute atomic E-state index is 0.0226. The van der Waals surface area contributed by atoms with Crippen LogP contribution in [0.15, 0.2) is 24.3 Å². The molecule has 0 aromatic heterocycles. The van der Waals surface area contributed by atoms with E-state index in [2.05, 4.69) is 48.7 Å². The molecule has 4 heteroatoms. The van der Waals surface area contributed by atoms with Gasteiger partial charge >= 0.3 is 0 Å². The third-order valence-electron chi connectivity index (χ3n) is 3.48. The summed E-state index contributed by atoms with van der Waals surface area (Å²) in [6, 6.07) is 8.68. The number of amides is 1. The maximum atomic E-state index is 11.8. The Labute approximate surface area is 128 Å². The number of hydrogen-bond donors (Lipinski definition) is 2. The average molecular weight is 292 g/mol. The lowest BCUT2D eigenvalue weighted by Crippen LogP contribution is -2.46. The molecule has 118 valence electrons. The molecule has 0 aliphatic carbocycles. The molecule has 0 aliphatic rings. The number of aryl methyl sites for hydroxylation is 2. The standard InChI is InChI=1S/C17H28N2O2/c1-13-6-5-7-16(12-13)9-8-14(2)19-15(3)17(20)18-10-11-21-4/h5-7,12,14-15,19H,8-11H2,1-4H3,(H,18,20). The summed E-state index contributed by atoms with van der Waals surface area (Å²) >= 11 is 0. The van der Waals surface area contributed by atoms with E-state index in [1.807, 2.05) is 6.92 Å². The second-order valence-electron chi connectivity index (χ2n) is 5.60. The van der Waals surface area contributed by atoms with E-state index in [4.69, 9.17) is 4.74 Å². The maximum Gasteiger partial charge on any atom is 0.236 e. The van der Waals surface area contributed by atoms with Crippen LogP contribution in [0.25, 0.3) is 0 Å². The third kappa shape index (κ3) is 7.25. The zero-order valence-corrected chi connectivity index (χ0v) is 13.6. The smallest absolute Gasteiger partial charge is 0.236 e. The highest BCUT2D eigenvalue weighted by Gasteiger charge is 2.14. The summed E-state index contributed by atoms with van der Waals surface area (Å²) in [4.78, 5) is 11.8. The second kappa shape index (κ2) is 9.53. The molecule has 0 saturated heterocycles. The van der Waals surface area contributed by atoms with E-state index < -0.39 is 0 Å². The van der Waals surface area contributed by atoms with Crippen LogP contribution in [0.2, 0.25) is 0 Å². The fraction of sp³-hybridized carbons (Fsp3) is 0.588. The van der Waals surface area contributed by atoms with Crippen LogP contribution >= 0.6 is 0 Å². The van der Waals surface area contributed by atoms with Crippen LogP contribution in [-0.4, -0.2) is 38.3 Å². The van der Waals surface area contributed by atoms with E-state index in [0.29, 0.717) is 19.2 Å². The Kier molecular flexibility index (Phi) is 8.01. The topological polar surface area (TPSA) is 50.4 Å². The molecule has 2 unspecified atom stereocenters. The molecule has 0 saturated carbocycles. The van der Waals surface area contributed by atoms with Crippen molar-refractivity contribution in [2.45, 2.75) is 45.7 Å². The van der Waals surface area contributed by atoms with E-state index in [-0.39, 0.29) is 11.9 Å². The van der Waals surface area contributed by atoms with Crippen LogP contribution in [0.4, 0.5) is 0 Å². The van der Waals surface area contributed by atoms with Gasteiger partial charge in [0.2, 0.25) is 5.91 Å². The molecule has 1 amide bonds. The predicted octanol–water partition coefficient (Wildman–Crippen LogP) is 2.06. The largest absolute Gasteiger partial charge is 0.383 e. The Balaban J connectivity index is 2.29. The van der Waals surface area contributed by atoms with Crippen molar-refractivity contribution in [2.24, 2.45) is 0 Å². The molecule has 2 N–H and O–H groups in total. The number of nitrogens with one attached hydrogen (secondary N) is 2. The van der Waals surface area contributed by atoms with Gasteiger partial charge in [0.1, 0.15) is 0 Å². The second-order valence-corrected chi connectivity index (χ2v) is 5.60. The summed E-state index contributed by atoms with van der Waals surface area (Å²) in [6.45, 7) is 7.22. The van der Waals surface area contributed by atoms with Crippen LogP contribution in [0.1, 0.15) is 31.4 Å². The van der Waals surface area contributed by atoms with Crippen molar-refractivity contribution < 1.29 is 9.53 Å². The van der Waals surface area contributed by atoms with Crippen LogP contribution < -0.4 is 10.6 Å². The summed E-state index contributed by atoms with van der Waals surface area (Å²) in [6.07, 6.45) is 2.03. The van der Waals surface area contributed by atoms with Gasteiger partial charge in [0, 0.05) is 19.7 Å². The quantitative estimate of drug-likeness (QED) is 0.685. The Morgan fingerprint density at radius 3 is 2.76 bits per heavy atom. The first-order valence-electron chi connectivity index (χ1n) is 7.61. The number of hydrogen-bond acceptors (Lipinski definition) is 3. The molecule has 2 atom stereocenters. The summed E-state index contributed by atoms with van der Waals surface area (Å²) in [7, 11) is 1.63. The fourth-order valence-corrected chi connectivity index (χ4v) is 2.27. The van der Waals surface area contributed by atoms with E-state index in [0.717, 1.165) is 12.8 Å². The Morgan fingerprint density at radius 2 is 2.10 bits per heavy atom. The molecule has 0 radical (unpaired) electrons. The maximum absolute atomic E-state index is 11.8. The highest BCUT2D eigenvalue weighted by Crippen LogP contribution is 2.08. The van der Waals surface area contributed by atoms with Gasteiger partial charge in [0.05, 0.1) is 12.6 Å². The SMILES string of the molecule is COCCNC(=O)C(C)NC(C)CCc1cccc(C)c1. The van der Waals surface area contributed by atoms with Gasteiger partial charge in [0.25, 0.3) is 0 Å². The normalized spacial score (nSPS) is 13.7. The zero-order valence-electron chi connectivity index (χ0n) is 13.6. The number of methoxy groups -OCH3 is 1. The van der Waals surface area contributed by atoms with Crippen molar-refractivity contribution in [1.29, 1.82) is 0 Å². The van der Waals surface area contributed by atoms with Crippen molar-refractivity contribution in [2.75, 3.05) is 20.3 Å². The van der Waals surface area contributed by atoms with Gasteiger partial charge in [-0.15, -0.1) is 0 Å². The first-order chi connectivity index (χ1) is 10.0. The van der Waals surface area contributed by atoms with Crippen molar-refractivity contribution in [1.82, 2.24) is 10.6 Å². The third-order valence-corrected chi connectivity index (χ3v) is 3.48. The Hall–Kier alpha value is -1.39.